The van der Waals surface area contributed by atoms with Crippen LogP contribution in [0.2, 0.25) is 0 Å². The lowest BCUT2D eigenvalue weighted by atomic mass is 9.44. The molecule has 5 aliphatic rings. The Balaban J connectivity index is 1.51. The highest BCUT2D eigenvalue weighted by Gasteiger charge is 2.74. The first-order valence-corrected chi connectivity index (χ1v) is 13.7. The van der Waals surface area contributed by atoms with Crippen LogP contribution in [0.15, 0.2) is 23.3 Å². The van der Waals surface area contributed by atoms with Crippen LogP contribution >= 0.6 is 0 Å². The number of rotatable bonds is 4. The molecular weight excluding hydrogens is 424 g/mol. The molecular formula is C30H46O4. The summed E-state index contributed by atoms with van der Waals surface area (Å²) in [6, 6.07) is 0. The number of carbonyl (C=O) groups excluding carboxylic acids is 1. The molecule has 3 fully saturated rings. The molecule has 0 bridgehead atoms. The van der Waals surface area contributed by atoms with Gasteiger partial charge in [-0.2, -0.15) is 0 Å². The van der Waals surface area contributed by atoms with Crippen LogP contribution in [-0.2, 0) is 9.53 Å². The number of ether oxygens (including phenoxy) is 1. The third-order valence-corrected chi connectivity index (χ3v) is 11.6. The highest BCUT2D eigenvalue weighted by molar-refractivity contribution is 5.84. The minimum Gasteiger partial charge on any atom is -0.459 e. The Morgan fingerprint density at radius 2 is 1.74 bits per heavy atom. The Morgan fingerprint density at radius 3 is 2.41 bits per heavy atom. The Morgan fingerprint density at radius 1 is 1.03 bits per heavy atom. The Bertz CT molecular complexity index is 953. The van der Waals surface area contributed by atoms with Crippen LogP contribution in [0, 0.1) is 33.5 Å². The average Bonchev–Trinajstić information content (AvgIpc) is 3.15. The lowest BCUT2D eigenvalue weighted by Gasteiger charge is -2.60. The monoisotopic (exact) mass is 470 g/mol. The molecule has 0 amide bonds. The van der Waals surface area contributed by atoms with Gasteiger partial charge in [-0.3, -0.25) is 4.79 Å². The van der Waals surface area contributed by atoms with E-state index < -0.39 is 16.6 Å². The van der Waals surface area contributed by atoms with E-state index in [1.54, 1.807) is 0 Å². The molecule has 0 radical (unpaired) electrons. The average molecular weight is 471 g/mol. The van der Waals surface area contributed by atoms with Crippen molar-refractivity contribution in [3.05, 3.63) is 23.3 Å². The summed E-state index contributed by atoms with van der Waals surface area (Å²) in [5.74, 6) is 0.635. The van der Waals surface area contributed by atoms with E-state index >= 15 is 0 Å². The minimum absolute atomic E-state index is 0.00568. The molecule has 5 rings (SSSR count). The van der Waals surface area contributed by atoms with Crippen LogP contribution in [0.3, 0.4) is 0 Å². The van der Waals surface area contributed by atoms with Gasteiger partial charge in [0.25, 0.3) is 0 Å². The number of hydrogen-bond donors (Lipinski definition) is 2. The maximum Gasteiger partial charge on any atom is 0.314 e. The summed E-state index contributed by atoms with van der Waals surface area (Å²) in [5.41, 5.74) is 0.988. The van der Waals surface area contributed by atoms with Crippen LogP contribution in [0.4, 0.5) is 0 Å². The minimum atomic E-state index is -0.691. The standard InChI is InChI=1S/C30H46O4/c1-25(2,33)14-8-15-29(7)22-12-17-28(6)20-9-10-21-26(3,4)23(31)13-16-27(21,5)19(20)11-18-30(22,28)24(32)34-29/h9,11,21-23,31,33H,8,10,12-18H2,1-7H3/t21-,22+,23-,27+,28-,29-,30+/m0/s1. The highest BCUT2D eigenvalue weighted by Crippen LogP contribution is 2.74. The van der Waals surface area contributed by atoms with Crippen molar-refractivity contribution in [3.63, 3.8) is 0 Å². The van der Waals surface area contributed by atoms with Crippen LogP contribution in [0.5, 0.6) is 0 Å². The molecule has 4 nitrogen and oxygen atoms in total. The number of aliphatic hydroxyl groups is 2. The van der Waals surface area contributed by atoms with Crippen LogP contribution in [-0.4, -0.2) is 33.5 Å². The molecule has 2 N–H and O–H groups in total. The van der Waals surface area contributed by atoms with Gasteiger partial charge >= 0.3 is 5.97 Å². The van der Waals surface area contributed by atoms with Gasteiger partial charge in [0.15, 0.2) is 0 Å². The summed E-state index contributed by atoms with van der Waals surface area (Å²) >= 11 is 0. The molecule has 0 aromatic carbocycles. The molecule has 7 atom stereocenters. The predicted molar refractivity (Wildman–Crippen MR) is 134 cm³/mol. The van der Waals surface area contributed by atoms with Crippen molar-refractivity contribution in [1.29, 1.82) is 0 Å². The van der Waals surface area contributed by atoms with Gasteiger partial charge in [-0.15, -0.1) is 0 Å². The summed E-state index contributed by atoms with van der Waals surface area (Å²) in [6.07, 6.45) is 12.6. The number of cyclic esters (lactones) is 1. The van der Waals surface area contributed by atoms with Crippen molar-refractivity contribution in [2.24, 2.45) is 33.5 Å². The molecule has 34 heavy (non-hydrogen) atoms. The molecule has 1 aliphatic heterocycles. The second-order valence-electron chi connectivity index (χ2n) is 14.3. The molecule has 4 heteroatoms. The molecule has 1 saturated heterocycles. The zero-order valence-corrected chi connectivity index (χ0v) is 22.5. The lowest BCUT2D eigenvalue weighted by molar-refractivity contribution is -0.158. The Labute approximate surface area is 206 Å². The second kappa shape index (κ2) is 7.22. The van der Waals surface area contributed by atoms with Gasteiger partial charge in [0.05, 0.1) is 17.1 Å². The van der Waals surface area contributed by atoms with Crippen LogP contribution in [0.25, 0.3) is 0 Å². The van der Waals surface area contributed by atoms with Crippen molar-refractivity contribution in [3.8, 4) is 0 Å². The maximum atomic E-state index is 13.8. The number of esters is 1. The van der Waals surface area contributed by atoms with Crippen molar-refractivity contribution in [2.75, 3.05) is 0 Å². The Kier molecular flexibility index (Phi) is 5.21. The largest absolute Gasteiger partial charge is 0.459 e. The normalized spacial score (nSPS) is 47.1. The van der Waals surface area contributed by atoms with Crippen LogP contribution in [0.1, 0.15) is 106 Å². The van der Waals surface area contributed by atoms with E-state index in [0.717, 1.165) is 51.4 Å². The second-order valence-corrected chi connectivity index (χ2v) is 14.3. The molecule has 0 aromatic heterocycles. The van der Waals surface area contributed by atoms with E-state index in [0.29, 0.717) is 12.3 Å². The fraction of sp³-hybridized carbons (Fsp3) is 0.833. The van der Waals surface area contributed by atoms with E-state index in [2.05, 4.69) is 46.8 Å². The summed E-state index contributed by atoms with van der Waals surface area (Å²) in [4.78, 5) is 13.8. The van der Waals surface area contributed by atoms with Gasteiger partial charge in [0, 0.05) is 11.3 Å². The van der Waals surface area contributed by atoms with Gasteiger partial charge in [0.2, 0.25) is 0 Å². The molecule has 0 unspecified atom stereocenters. The van der Waals surface area contributed by atoms with Crippen molar-refractivity contribution in [2.45, 2.75) is 124 Å². The van der Waals surface area contributed by atoms with Gasteiger partial charge in [-0.05, 0) is 106 Å². The predicted octanol–water partition coefficient (Wildman–Crippen LogP) is 6.11. The smallest absolute Gasteiger partial charge is 0.314 e. The first-order chi connectivity index (χ1) is 15.6. The van der Waals surface area contributed by atoms with Crippen molar-refractivity contribution in [1.82, 2.24) is 0 Å². The maximum absolute atomic E-state index is 13.8. The fourth-order valence-electron chi connectivity index (χ4n) is 9.48. The fourth-order valence-corrected chi connectivity index (χ4v) is 9.48. The lowest BCUT2D eigenvalue weighted by Crippen LogP contribution is -2.55. The molecule has 1 spiro atoms. The summed E-state index contributed by atoms with van der Waals surface area (Å²) in [5, 5.41) is 21.0. The van der Waals surface area contributed by atoms with Gasteiger partial charge in [0.1, 0.15) is 5.60 Å². The molecule has 2 saturated carbocycles. The topological polar surface area (TPSA) is 66.8 Å². The molecule has 4 aliphatic carbocycles. The molecule has 0 aromatic rings. The van der Waals surface area contributed by atoms with E-state index in [1.165, 1.54) is 11.1 Å². The number of allylic oxidation sites excluding steroid dienone is 4. The number of fused-ring (bicyclic) bond motifs is 4. The summed E-state index contributed by atoms with van der Waals surface area (Å²) in [7, 11) is 0. The number of hydrogen-bond acceptors (Lipinski definition) is 4. The number of aliphatic hydroxyl groups excluding tert-OH is 1. The quantitative estimate of drug-likeness (QED) is 0.487. The van der Waals surface area contributed by atoms with Gasteiger partial charge in [-0.25, -0.2) is 0 Å². The van der Waals surface area contributed by atoms with E-state index in [1.807, 2.05) is 13.8 Å². The van der Waals surface area contributed by atoms with Crippen LogP contribution < -0.4 is 0 Å². The van der Waals surface area contributed by atoms with Crippen molar-refractivity contribution >= 4 is 5.97 Å². The molecule has 1 heterocycles. The first kappa shape index (κ1) is 24.6. The zero-order valence-electron chi connectivity index (χ0n) is 22.5. The number of carbonyl (C=O) groups is 1. The highest BCUT2D eigenvalue weighted by atomic mass is 16.6. The summed E-state index contributed by atoms with van der Waals surface area (Å²) in [6.45, 7) is 15.1. The molecule has 190 valence electrons. The SMILES string of the molecule is CC(C)(O)CCC[C@]1(C)OC(=O)[C@]23CC=C4C(=CC[C@H]5C(C)(C)[C@@H](O)CC[C@]45C)[C@]2(C)CC[C@@H]31. The van der Waals surface area contributed by atoms with Gasteiger partial charge < -0.3 is 14.9 Å². The first-order valence-electron chi connectivity index (χ1n) is 13.7. The van der Waals surface area contributed by atoms with E-state index in [9.17, 15) is 15.0 Å². The third-order valence-electron chi connectivity index (χ3n) is 11.6. The van der Waals surface area contributed by atoms with Gasteiger partial charge in [-0.1, -0.05) is 39.8 Å². The zero-order chi connectivity index (χ0) is 24.9. The van der Waals surface area contributed by atoms with Crippen molar-refractivity contribution < 1.29 is 19.7 Å². The summed E-state index contributed by atoms with van der Waals surface area (Å²) < 4.78 is 6.30. The van der Waals surface area contributed by atoms with E-state index in [4.69, 9.17) is 4.74 Å². The Hall–Kier alpha value is -1.13. The third kappa shape index (κ3) is 3.00. The van der Waals surface area contributed by atoms with E-state index in [-0.39, 0.29) is 34.2 Å².